The lowest BCUT2D eigenvalue weighted by Gasteiger charge is -2.28. The lowest BCUT2D eigenvalue weighted by molar-refractivity contribution is 0.0300. The maximum absolute atomic E-state index is 14.2. The number of nitrogens with zero attached hydrogens (tertiary/aromatic N) is 2. The van der Waals surface area contributed by atoms with E-state index in [4.69, 9.17) is 60.6 Å². The highest BCUT2D eigenvalue weighted by Gasteiger charge is 2.48. The number of esters is 1. The molecule has 5 aromatic rings. The van der Waals surface area contributed by atoms with Crippen LogP contribution < -0.4 is 19.3 Å². The van der Waals surface area contributed by atoms with Crippen LogP contribution in [-0.2, 0) is 10.3 Å². The van der Waals surface area contributed by atoms with Crippen molar-refractivity contribution < 1.29 is 19.0 Å². The van der Waals surface area contributed by atoms with E-state index in [1.165, 1.54) is 0 Å². The van der Waals surface area contributed by atoms with Gasteiger partial charge in [-0.1, -0.05) is 82.8 Å². The SMILES string of the molecule is COc1ccc(/C(=C\C2(/C=C(/c3ccc(N(C)C)cc3)c3ccc(OC)c(C)c3)OC(=O)c3c(Cl)c(Cl)c(Cl)c(Cl)c32)c2ccc(N(C)C)cc2)cc1C. The highest BCUT2D eigenvalue weighted by atomic mass is 35.5. The van der Waals surface area contributed by atoms with E-state index in [1.54, 1.807) is 14.2 Å². The van der Waals surface area contributed by atoms with Crippen LogP contribution in [0.1, 0.15) is 49.3 Å². The standard InChI is InChI=1S/C44H40Cl4N2O4/c1-25-21-29(13-19-35(25)52-7)33(27-9-15-31(16-10-27)49(3)4)23-44(38-37(43(51)54-44)39(45)41(47)42(48)40(38)46)24-34(28-11-17-32(18-12-28)50(5)6)30-14-20-36(53-8)26(2)22-30/h9-24H,1-8H3/b33-23-,34-24-. The van der Waals surface area contributed by atoms with Crippen molar-refractivity contribution in [2.75, 3.05) is 52.2 Å². The number of methoxy groups -OCH3 is 2. The van der Waals surface area contributed by atoms with Crippen molar-refractivity contribution in [1.82, 2.24) is 0 Å². The first-order valence-corrected chi connectivity index (χ1v) is 18.6. The number of ether oxygens (including phenoxy) is 3. The molecule has 0 fully saturated rings. The zero-order chi connectivity index (χ0) is 39.1. The van der Waals surface area contributed by atoms with E-state index < -0.39 is 11.6 Å². The molecule has 0 aromatic heterocycles. The highest BCUT2D eigenvalue weighted by molar-refractivity contribution is 6.53. The molecule has 54 heavy (non-hydrogen) atoms. The van der Waals surface area contributed by atoms with Crippen molar-refractivity contribution in [1.29, 1.82) is 0 Å². The Balaban J connectivity index is 1.77. The van der Waals surface area contributed by atoms with Gasteiger partial charge in [0.2, 0.25) is 0 Å². The second kappa shape index (κ2) is 15.6. The number of hydrogen-bond acceptors (Lipinski definition) is 6. The second-order valence-corrected chi connectivity index (χ2v) is 15.1. The van der Waals surface area contributed by atoms with E-state index in [0.717, 1.165) is 67.4 Å². The van der Waals surface area contributed by atoms with E-state index >= 15 is 0 Å². The Hall–Kier alpha value is -4.59. The molecule has 1 heterocycles. The molecule has 0 unspecified atom stereocenters. The van der Waals surface area contributed by atoms with E-state index in [1.807, 2.05) is 149 Å². The van der Waals surface area contributed by atoms with Gasteiger partial charge in [0.15, 0.2) is 5.60 Å². The Labute approximate surface area is 337 Å². The summed E-state index contributed by atoms with van der Waals surface area (Å²) < 4.78 is 17.8. The normalized spacial score (nSPS) is 15.5. The van der Waals surface area contributed by atoms with Crippen LogP contribution in [0.4, 0.5) is 11.4 Å². The molecular formula is C44H40Cl4N2O4. The van der Waals surface area contributed by atoms with E-state index in [0.29, 0.717) is 0 Å². The van der Waals surface area contributed by atoms with E-state index in [2.05, 4.69) is 0 Å². The Morgan fingerprint density at radius 3 is 1.35 bits per heavy atom. The van der Waals surface area contributed by atoms with Gasteiger partial charge in [0.05, 0.1) is 39.9 Å². The number of benzene rings is 5. The molecule has 6 rings (SSSR count). The Morgan fingerprint density at radius 2 is 0.981 bits per heavy atom. The number of rotatable bonds is 10. The number of halogens is 4. The lowest BCUT2D eigenvalue weighted by atomic mass is 9.82. The Kier molecular flexibility index (Phi) is 11.3. The van der Waals surface area contributed by atoms with Gasteiger partial charge in [0.1, 0.15) is 11.5 Å². The van der Waals surface area contributed by atoms with E-state index in [-0.39, 0.29) is 31.2 Å². The molecule has 0 atom stereocenters. The Bertz CT molecular complexity index is 2190. The van der Waals surface area contributed by atoms with Gasteiger partial charge >= 0.3 is 5.97 Å². The summed E-state index contributed by atoms with van der Waals surface area (Å²) in [6.45, 7) is 3.96. The highest BCUT2D eigenvalue weighted by Crippen LogP contribution is 2.53. The molecule has 278 valence electrons. The van der Waals surface area contributed by atoms with Gasteiger partial charge in [-0.25, -0.2) is 4.79 Å². The quantitative estimate of drug-likeness (QED) is 0.0796. The van der Waals surface area contributed by atoms with Crippen LogP contribution >= 0.6 is 46.4 Å². The van der Waals surface area contributed by atoms with Gasteiger partial charge in [0, 0.05) is 45.1 Å². The molecule has 0 saturated carbocycles. The molecular weight excluding hydrogens is 762 g/mol. The van der Waals surface area contributed by atoms with Crippen LogP contribution in [-0.4, -0.2) is 48.4 Å². The average Bonchev–Trinajstić information content (AvgIpc) is 3.45. The number of fused-ring (bicyclic) bond motifs is 1. The van der Waals surface area contributed by atoms with Crippen LogP contribution in [0.3, 0.4) is 0 Å². The van der Waals surface area contributed by atoms with Crippen molar-refractivity contribution in [3.05, 3.63) is 162 Å². The zero-order valence-electron chi connectivity index (χ0n) is 31.3. The summed E-state index contributed by atoms with van der Waals surface area (Å²) in [6.07, 6.45) is 3.83. The molecule has 0 radical (unpaired) electrons. The first-order valence-electron chi connectivity index (χ1n) is 17.1. The molecule has 0 amide bonds. The predicted octanol–water partition coefficient (Wildman–Crippen LogP) is 11.7. The summed E-state index contributed by atoms with van der Waals surface area (Å²) in [7, 11) is 11.2. The lowest BCUT2D eigenvalue weighted by Crippen LogP contribution is -2.23. The van der Waals surface area contributed by atoms with Crippen LogP contribution in [0.15, 0.2) is 97.1 Å². The monoisotopic (exact) mass is 800 g/mol. The third-order valence-electron chi connectivity index (χ3n) is 9.64. The first kappa shape index (κ1) is 39.1. The molecule has 0 N–H and O–H groups in total. The number of hydrogen-bond donors (Lipinski definition) is 0. The first-order chi connectivity index (χ1) is 25.7. The third kappa shape index (κ3) is 7.28. The van der Waals surface area contributed by atoms with Crippen molar-refractivity contribution in [2.45, 2.75) is 19.4 Å². The molecule has 1 aliphatic rings. The Morgan fingerprint density at radius 1 is 0.593 bits per heavy atom. The average molecular weight is 803 g/mol. The molecule has 0 spiro atoms. The molecule has 1 aliphatic heterocycles. The second-order valence-electron chi connectivity index (χ2n) is 13.6. The van der Waals surface area contributed by atoms with Gasteiger partial charge in [-0.15, -0.1) is 0 Å². The molecule has 0 saturated heterocycles. The van der Waals surface area contributed by atoms with Crippen LogP contribution in [0.25, 0.3) is 11.1 Å². The molecule has 10 heteroatoms. The largest absolute Gasteiger partial charge is 0.496 e. The molecule has 0 aliphatic carbocycles. The molecule has 0 bridgehead atoms. The summed E-state index contributed by atoms with van der Waals surface area (Å²) in [5.74, 6) is 0.787. The van der Waals surface area contributed by atoms with Crippen molar-refractivity contribution >= 4 is 74.9 Å². The number of carbonyl (C=O) groups is 1. The van der Waals surface area contributed by atoms with Crippen molar-refractivity contribution in [3.63, 3.8) is 0 Å². The summed E-state index contributed by atoms with van der Waals surface area (Å²) in [5.41, 5.74) is 7.51. The minimum absolute atomic E-state index is 0.0147. The number of carbonyl (C=O) groups excluding carboxylic acids is 1. The van der Waals surface area contributed by atoms with Gasteiger partial charge in [0.25, 0.3) is 0 Å². The summed E-state index contributed by atoms with van der Waals surface area (Å²) in [4.78, 5) is 18.2. The predicted molar refractivity (Wildman–Crippen MR) is 225 cm³/mol. The van der Waals surface area contributed by atoms with Crippen LogP contribution in [0.5, 0.6) is 11.5 Å². The van der Waals surface area contributed by atoms with Crippen molar-refractivity contribution in [2.24, 2.45) is 0 Å². The van der Waals surface area contributed by atoms with Gasteiger partial charge in [-0.3, -0.25) is 0 Å². The third-order valence-corrected chi connectivity index (χ3v) is 11.4. The summed E-state index contributed by atoms with van der Waals surface area (Å²) in [6, 6.07) is 28.2. The van der Waals surface area contributed by atoms with Gasteiger partial charge in [-0.2, -0.15) is 0 Å². The topological polar surface area (TPSA) is 51.2 Å². The minimum atomic E-state index is -1.64. The van der Waals surface area contributed by atoms with Crippen molar-refractivity contribution in [3.8, 4) is 11.5 Å². The van der Waals surface area contributed by atoms with E-state index in [9.17, 15) is 4.79 Å². The molecule has 6 nitrogen and oxygen atoms in total. The van der Waals surface area contributed by atoms with Gasteiger partial charge in [-0.05, 0) is 119 Å². The fraction of sp³-hybridized carbons (Fsp3) is 0.205. The maximum Gasteiger partial charge on any atom is 0.341 e. The molecule has 5 aromatic carbocycles. The number of anilines is 2. The van der Waals surface area contributed by atoms with Gasteiger partial charge < -0.3 is 24.0 Å². The minimum Gasteiger partial charge on any atom is -0.496 e. The zero-order valence-corrected chi connectivity index (χ0v) is 34.3. The number of cyclic esters (lactones) is 1. The maximum atomic E-state index is 14.2. The number of aryl methyl sites for hydroxylation is 2. The fourth-order valence-electron chi connectivity index (χ4n) is 6.76. The fourth-order valence-corrected chi connectivity index (χ4v) is 7.83. The summed E-state index contributed by atoms with van der Waals surface area (Å²) >= 11 is 27.3. The smallest absolute Gasteiger partial charge is 0.341 e. The van der Waals surface area contributed by atoms with Crippen LogP contribution in [0, 0.1) is 13.8 Å². The van der Waals surface area contributed by atoms with Crippen LogP contribution in [0.2, 0.25) is 20.1 Å². The summed E-state index contributed by atoms with van der Waals surface area (Å²) in [5, 5.41) is 0.00390.